The summed E-state index contributed by atoms with van der Waals surface area (Å²) in [6, 6.07) is 0. The maximum Gasteiger partial charge on any atom is 0.309 e. The van der Waals surface area contributed by atoms with Crippen LogP contribution in [0.4, 0.5) is 0 Å². The van der Waals surface area contributed by atoms with Crippen LogP contribution in [0.15, 0.2) is 0 Å². The van der Waals surface area contributed by atoms with Crippen molar-refractivity contribution in [3.8, 4) is 0 Å². The first-order valence-electron chi connectivity index (χ1n) is 8.36. The van der Waals surface area contributed by atoms with Crippen molar-refractivity contribution in [1.82, 2.24) is 0 Å². The molecular formula is C17H28O9. The van der Waals surface area contributed by atoms with Gasteiger partial charge in [0, 0.05) is 0 Å². The van der Waals surface area contributed by atoms with E-state index in [1.807, 2.05) is 0 Å². The van der Waals surface area contributed by atoms with Crippen molar-refractivity contribution in [2.45, 2.75) is 77.8 Å². The maximum absolute atomic E-state index is 11.0. The van der Waals surface area contributed by atoms with Crippen LogP contribution in [0.2, 0.25) is 0 Å². The summed E-state index contributed by atoms with van der Waals surface area (Å²) in [5.41, 5.74) is 0. The third kappa shape index (κ3) is 12.2. The Hall–Kier alpha value is -2.16. The summed E-state index contributed by atoms with van der Waals surface area (Å²) in [7, 11) is 1.27. The van der Waals surface area contributed by atoms with E-state index in [9.17, 15) is 19.2 Å². The van der Waals surface area contributed by atoms with E-state index in [2.05, 4.69) is 4.74 Å². The highest BCUT2D eigenvalue weighted by molar-refractivity contribution is 5.75. The van der Waals surface area contributed by atoms with Gasteiger partial charge in [-0.25, -0.2) is 0 Å². The molecule has 0 spiro atoms. The zero-order chi connectivity index (χ0) is 20.3. The molecule has 0 radical (unpaired) electrons. The van der Waals surface area contributed by atoms with Crippen molar-refractivity contribution in [1.29, 1.82) is 0 Å². The average Bonchev–Trinajstić information content (AvgIpc) is 2.44. The third-order valence-corrected chi connectivity index (χ3v) is 3.05. The molecule has 1 fully saturated rings. The van der Waals surface area contributed by atoms with E-state index in [4.69, 9.17) is 19.3 Å². The van der Waals surface area contributed by atoms with E-state index in [1.165, 1.54) is 14.0 Å². The van der Waals surface area contributed by atoms with E-state index in [0.717, 1.165) is 0 Å². The molecule has 1 saturated heterocycles. The second kappa shape index (κ2) is 12.2. The van der Waals surface area contributed by atoms with Crippen molar-refractivity contribution in [2.24, 2.45) is 0 Å². The Labute approximate surface area is 152 Å². The van der Waals surface area contributed by atoms with E-state index in [0.29, 0.717) is 0 Å². The zero-order valence-electron chi connectivity index (χ0n) is 15.9. The molecule has 150 valence electrons. The molecule has 9 nitrogen and oxygen atoms in total. The minimum absolute atomic E-state index is 0.0298. The van der Waals surface area contributed by atoms with Gasteiger partial charge in [0.15, 0.2) is 0 Å². The lowest BCUT2D eigenvalue weighted by Gasteiger charge is -2.20. The minimum Gasteiger partial charge on any atom is -0.469 e. The van der Waals surface area contributed by atoms with Gasteiger partial charge in [-0.3, -0.25) is 19.2 Å². The SMILES string of the molecule is CC1CC(=O)OC(C)CC(=O)O1.COC(=O)CC(C)OC(=O)CC(C)O. The number of cyclic esters (lactones) is 2. The molecule has 0 bridgehead atoms. The number of rotatable bonds is 5. The fraction of sp³-hybridized carbons (Fsp3) is 0.765. The van der Waals surface area contributed by atoms with Crippen molar-refractivity contribution < 1.29 is 43.2 Å². The van der Waals surface area contributed by atoms with Gasteiger partial charge in [-0.2, -0.15) is 0 Å². The van der Waals surface area contributed by atoms with Crippen LogP contribution in [-0.2, 0) is 38.1 Å². The normalized spacial score (nSPS) is 22.2. The smallest absolute Gasteiger partial charge is 0.309 e. The highest BCUT2D eigenvalue weighted by Crippen LogP contribution is 2.10. The number of esters is 4. The monoisotopic (exact) mass is 376 g/mol. The topological polar surface area (TPSA) is 125 Å². The van der Waals surface area contributed by atoms with E-state index in [1.54, 1.807) is 20.8 Å². The second-order valence-corrected chi connectivity index (χ2v) is 6.14. The Morgan fingerprint density at radius 3 is 1.88 bits per heavy atom. The van der Waals surface area contributed by atoms with Crippen LogP contribution >= 0.6 is 0 Å². The van der Waals surface area contributed by atoms with Crippen LogP contribution < -0.4 is 0 Å². The lowest BCUT2D eigenvalue weighted by Crippen LogP contribution is -2.29. The van der Waals surface area contributed by atoms with Crippen LogP contribution in [0, 0.1) is 0 Å². The van der Waals surface area contributed by atoms with Gasteiger partial charge in [0.2, 0.25) is 0 Å². The van der Waals surface area contributed by atoms with Crippen molar-refractivity contribution >= 4 is 23.9 Å². The molecule has 0 saturated carbocycles. The third-order valence-electron chi connectivity index (χ3n) is 3.05. The molecule has 1 aliphatic heterocycles. The predicted molar refractivity (Wildman–Crippen MR) is 88.8 cm³/mol. The molecule has 0 aromatic heterocycles. The number of hydrogen-bond donors (Lipinski definition) is 1. The largest absolute Gasteiger partial charge is 0.469 e. The summed E-state index contributed by atoms with van der Waals surface area (Å²) < 4.78 is 19.0. The molecule has 0 amide bonds. The van der Waals surface area contributed by atoms with Crippen LogP contribution in [-0.4, -0.2) is 60.5 Å². The molecule has 0 aliphatic carbocycles. The lowest BCUT2D eigenvalue weighted by molar-refractivity contribution is -0.166. The van der Waals surface area contributed by atoms with E-state index in [-0.39, 0.29) is 49.8 Å². The molecular weight excluding hydrogens is 348 g/mol. The Kier molecular flexibility index (Phi) is 11.2. The van der Waals surface area contributed by atoms with Gasteiger partial charge in [-0.05, 0) is 27.7 Å². The lowest BCUT2D eigenvalue weighted by atomic mass is 10.2. The number of carbonyl (C=O) groups is 4. The number of carbonyl (C=O) groups excluding carboxylic acids is 4. The summed E-state index contributed by atoms with van der Waals surface area (Å²) >= 11 is 0. The fourth-order valence-corrected chi connectivity index (χ4v) is 1.97. The molecule has 1 rings (SSSR count). The first-order chi connectivity index (χ1) is 12.0. The summed E-state index contributed by atoms with van der Waals surface area (Å²) in [4.78, 5) is 43.7. The molecule has 1 aliphatic rings. The molecule has 1 N–H and O–H groups in total. The van der Waals surface area contributed by atoms with Gasteiger partial charge in [0.05, 0.1) is 38.9 Å². The van der Waals surface area contributed by atoms with Crippen molar-refractivity contribution in [3.63, 3.8) is 0 Å². The summed E-state index contributed by atoms with van der Waals surface area (Å²) in [5.74, 6) is -1.55. The molecule has 4 atom stereocenters. The van der Waals surface area contributed by atoms with Gasteiger partial charge in [0.25, 0.3) is 0 Å². The summed E-state index contributed by atoms with van der Waals surface area (Å²) in [6.45, 7) is 6.44. The van der Waals surface area contributed by atoms with E-state index >= 15 is 0 Å². The minimum atomic E-state index is -0.729. The summed E-state index contributed by atoms with van der Waals surface area (Å²) in [6.07, 6.45) is -1.71. The summed E-state index contributed by atoms with van der Waals surface area (Å²) in [5, 5.41) is 8.87. The number of aliphatic hydroxyl groups excluding tert-OH is 1. The molecule has 0 aromatic rings. The number of ether oxygens (including phenoxy) is 4. The van der Waals surface area contributed by atoms with Crippen LogP contribution in [0.5, 0.6) is 0 Å². The van der Waals surface area contributed by atoms with Crippen molar-refractivity contribution in [3.05, 3.63) is 0 Å². The molecule has 9 heteroatoms. The standard InChI is InChI=1S/C9H16O5.C8H12O4/c1-6(10)4-9(12)14-7(2)5-8(11)13-3;1-5-3-7(9)12-6(2)4-8(10)11-5/h6-7,10H,4-5H2,1-3H3;5-6H,3-4H2,1-2H3. The van der Waals surface area contributed by atoms with Gasteiger partial charge in [-0.15, -0.1) is 0 Å². The Balaban J connectivity index is 0.000000485. The highest BCUT2D eigenvalue weighted by Gasteiger charge is 2.23. The quantitative estimate of drug-likeness (QED) is 0.550. The predicted octanol–water partition coefficient (Wildman–Crippen LogP) is 0.896. The Morgan fingerprint density at radius 1 is 1.04 bits per heavy atom. The molecule has 0 aromatic carbocycles. The van der Waals surface area contributed by atoms with Gasteiger partial charge >= 0.3 is 23.9 Å². The van der Waals surface area contributed by atoms with Gasteiger partial charge in [0.1, 0.15) is 18.3 Å². The van der Waals surface area contributed by atoms with Crippen LogP contribution in [0.3, 0.4) is 0 Å². The highest BCUT2D eigenvalue weighted by atomic mass is 16.6. The fourth-order valence-electron chi connectivity index (χ4n) is 1.97. The van der Waals surface area contributed by atoms with Gasteiger partial charge in [-0.1, -0.05) is 0 Å². The Morgan fingerprint density at radius 2 is 1.50 bits per heavy atom. The maximum atomic E-state index is 11.0. The Bertz CT molecular complexity index is 449. The second-order valence-electron chi connectivity index (χ2n) is 6.14. The number of aliphatic hydroxyl groups is 1. The average molecular weight is 376 g/mol. The molecule has 26 heavy (non-hydrogen) atoms. The number of methoxy groups -OCH3 is 1. The van der Waals surface area contributed by atoms with E-state index < -0.39 is 24.1 Å². The molecule has 1 heterocycles. The molecule has 4 unspecified atom stereocenters. The van der Waals surface area contributed by atoms with Crippen molar-refractivity contribution in [2.75, 3.05) is 7.11 Å². The zero-order valence-corrected chi connectivity index (χ0v) is 15.9. The number of hydrogen-bond acceptors (Lipinski definition) is 9. The van der Waals surface area contributed by atoms with Crippen LogP contribution in [0.1, 0.15) is 53.4 Å². The first-order valence-corrected chi connectivity index (χ1v) is 8.36. The van der Waals surface area contributed by atoms with Gasteiger partial charge < -0.3 is 24.1 Å². The van der Waals surface area contributed by atoms with Crippen LogP contribution in [0.25, 0.3) is 0 Å². The first kappa shape index (κ1) is 23.8.